The lowest BCUT2D eigenvalue weighted by molar-refractivity contribution is 0.271. The minimum absolute atomic E-state index is 0.0259. The number of rotatable bonds is 2. The van der Waals surface area contributed by atoms with E-state index in [4.69, 9.17) is 17.3 Å². The number of aromatic amines is 2. The highest BCUT2D eigenvalue weighted by Gasteiger charge is 2.00. The molecule has 0 unspecified atom stereocenters. The Bertz CT molecular complexity index is 429. The third-order valence-corrected chi connectivity index (χ3v) is 1.61. The topological polar surface area (TPSA) is 90.9 Å². The largest absolute Gasteiger partial charge is 0.395 e. The number of hydrogen-bond donors (Lipinski definition) is 3. The Balaban J connectivity index is 3.44. The second kappa shape index (κ2) is 3.46. The van der Waals surface area contributed by atoms with Gasteiger partial charge in [0, 0.05) is 0 Å². The first-order valence-electron chi connectivity index (χ1n) is 3.19. The van der Waals surface area contributed by atoms with E-state index in [2.05, 4.69) is 10.2 Å². The van der Waals surface area contributed by atoms with Crippen LogP contribution >= 0.6 is 12.2 Å². The molecule has 6 nitrogen and oxygen atoms in total. The van der Waals surface area contributed by atoms with Crippen molar-refractivity contribution in [2.75, 3.05) is 6.61 Å². The maximum absolute atomic E-state index is 11.0. The first-order chi connectivity index (χ1) is 5.66. The lowest BCUT2D eigenvalue weighted by atomic mass is 10.6. The van der Waals surface area contributed by atoms with Gasteiger partial charge in [-0.15, -0.1) is 0 Å². The second-order valence-corrected chi connectivity index (χ2v) is 2.45. The van der Waals surface area contributed by atoms with E-state index in [0.29, 0.717) is 0 Å². The van der Waals surface area contributed by atoms with E-state index in [1.54, 1.807) is 0 Å². The molecule has 0 bridgehead atoms. The Morgan fingerprint density at radius 1 is 1.42 bits per heavy atom. The second-order valence-electron chi connectivity index (χ2n) is 2.06. The molecule has 0 aliphatic rings. The van der Waals surface area contributed by atoms with Crippen LogP contribution in [0.5, 0.6) is 0 Å². The van der Waals surface area contributed by atoms with Gasteiger partial charge in [0.1, 0.15) is 0 Å². The zero-order chi connectivity index (χ0) is 9.14. The summed E-state index contributed by atoms with van der Waals surface area (Å²) in [4.78, 5) is 21.7. The van der Waals surface area contributed by atoms with Crippen LogP contribution in [0.15, 0.2) is 9.59 Å². The van der Waals surface area contributed by atoms with Crippen molar-refractivity contribution in [3.8, 4) is 0 Å². The quantitative estimate of drug-likeness (QED) is 0.393. The summed E-state index contributed by atoms with van der Waals surface area (Å²) in [5.74, 6) is 0. The van der Waals surface area contributed by atoms with E-state index >= 15 is 0 Å². The lowest BCUT2D eigenvalue weighted by Gasteiger charge is -1.99. The molecular formula is C5H7N3O3S. The number of nitrogens with one attached hydrogen (secondary N) is 2. The van der Waals surface area contributed by atoms with E-state index in [0.717, 1.165) is 4.57 Å². The molecule has 0 saturated heterocycles. The number of aliphatic hydroxyl groups is 1. The fourth-order valence-corrected chi connectivity index (χ4v) is 0.974. The van der Waals surface area contributed by atoms with Gasteiger partial charge in [0.2, 0.25) is 0 Å². The zero-order valence-electron chi connectivity index (χ0n) is 6.03. The summed E-state index contributed by atoms with van der Waals surface area (Å²) in [5.41, 5.74) is -1.54. The van der Waals surface area contributed by atoms with Gasteiger partial charge < -0.3 is 5.11 Å². The van der Waals surface area contributed by atoms with Crippen molar-refractivity contribution in [3.63, 3.8) is 0 Å². The maximum Gasteiger partial charge on any atom is 0.328 e. The highest BCUT2D eigenvalue weighted by atomic mass is 32.1. The van der Waals surface area contributed by atoms with E-state index in [1.165, 1.54) is 0 Å². The summed E-state index contributed by atoms with van der Waals surface area (Å²) in [7, 11) is 0. The van der Waals surface area contributed by atoms with Crippen molar-refractivity contribution in [1.29, 1.82) is 0 Å². The molecule has 0 aromatic carbocycles. The van der Waals surface area contributed by atoms with Gasteiger partial charge in [0.05, 0.1) is 13.2 Å². The smallest absolute Gasteiger partial charge is 0.328 e. The van der Waals surface area contributed by atoms with Crippen LogP contribution in [-0.4, -0.2) is 26.5 Å². The van der Waals surface area contributed by atoms with Crippen LogP contribution in [0.4, 0.5) is 0 Å². The monoisotopic (exact) mass is 189 g/mol. The molecule has 12 heavy (non-hydrogen) atoms. The Labute approximate surface area is 71.5 Å². The fraction of sp³-hybridized carbons (Fsp3) is 0.400. The molecule has 0 saturated carbocycles. The first kappa shape index (κ1) is 8.88. The molecule has 0 atom stereocenters. The standard InChI is InChI=1S/C5H7N3O3S/c9-2-1-8-4(11)3(10)6-7-5(8)12/h9H,1-2H2,(H,6,10)(H,7,12). The summed E-state index contributed by atoms with van der Waals surface area (Å²) < 4.78 is 1.09. The van der Waals surface area contributed by atoms with Crippen LogP contribution < -0.4 is 11.1 Å². The summed E-state index contributed by atoms with van der Waals surface area (Å²) in [6.45, 7) is -0.209. The summed E-state index contributed by atoms with van der Waals surface area (Å²) >= 11 is 4.69. The lowest BCUT2D eigenvalue weighted by Crippen LogP contribution is -2.38. The average Bonchev–Trinajstić information content (AvgIpc) is 2.06. The average molecular weight is 189 g/mol. The van der Waals surface area contributed by atoms with Crippen molar-refractivity contribution in [2.45, 2.75) is 6.54 Å². The minimum atomic E-state index is -0.781. The van der Waals surface area contributed by atoms with Crippen molar-refractivity contribution < 1.29 is 5.11 Å². The van der Waals surface area contributed by atoms with E-state index in [9.17, 15) is 9.59 Å². The molecule has 1 rings (SSSR count). The van der Waals surface area contributed by atoms with Crippen LogP contribution in [0.3, 0.4) is 0 Å². The van der Waals surface area contributed by atoms with Gasteiger partial charge in [-0.05, 0) is 12.2 Å². The molecule has 1 aromatic rings. The van der Waals surface area contributed by atoms with Crippen LogP contribution in [0.25, 0.3) is 0 Å². The van der Waals surface area contributed by atoms with Gasteiger partial charge in [-0.2, -0.15) is 0 Å². The van der Waals surface area contributed by atoms with Crippen molar-refractivity contribution in [3.05, 3.63) is 25.5 Å². The third-order valence-electron chi connectivity index (χ3n) is 1.29. The van der Waals surface area contributed by atoms with E-state index in [-0.39, 0.29) is 17.9 Å². The molecule has 0 fully saturated rings. The Hall–Kier alpha value is -1.21. The summed E-state index contributed by atoms with van der Waals surface area (Å²) in [6.07, 6.45) is 0. The molecule has 1 aromatic heterocycles. The normalized spacial score (nSPS) is 10.1. The zero-order valence-corrected chi connectivity index (χ0v) is 6.85. The van der Waals surface area contributed by atoms with Gasteiger partial charge in [-0.1, -0.05) is 0 Å². The molecule has 3 N–H and O–H groups in total. The van der Waals surface area contributed by atoms with Crippen LogP contribution in [-0.2, 0) is 6.54 Å². The highest BCUT2D eigenvalue weighted by molar-refractivity contribution is 7.71. The maximum atomic E-state index is 11.0. The Kier molecular flexibility index (Phi) is 2.56. The summed E-state index contributed by atoms with van der Waals surface area (Å²) in [5, 5.41) is 12.9. The van der Waals surface area contributed by atoms with Crippen LogP contribution in [0.2, 0.25) is 0 Å². The van der Waals surface area contributed by atoms with E-state index in [1.807, 2.05) is 0 Å². The van der Waals surface area contributed by atoms with Gasteiger partial charge in [0.15, 0.2) is 4.77 Å². The first-order valence-corrected chi connectivity index (χ1v) is 3.60. The van der Waals surface area contributed by atoms with Gasteiger partial charge in [-0.25, -0.2) is 0 Å². The number of aliphatic hydroxyl groups excluding tert-OH is 1. The molecule has 66 valence electrons. The van der Waals surface area contributed by atoms with Gasteiger partial charge in [-0.3, -0.25) is 24.4 Å². The fourth-order valence-electron chi connectivity index (χ4n) is 0.749. The predicted molar refractivity (Wildman–Crippen MR) is 43.6 cm³/mol. The molecule has 0 amide bonds. The molecule has 0 spiro atoms. The van der Waals surface area contributed by atoms with Crippen molar-refractivity contribution >= 4 is 12.2 Å². The minimum Gasteiger partial charge on any atom is -0.395 e. The Morgan fingerprint density at radius 2 is 2.08 bits per heavy atom. The van der Waals surface area contributed by atoms with Crippen molar-refractivity contribution in [1.82, 2.24) is 14.8 Å². The number of hydrogen-bond acceptors (Lipinski definition) is 4. The number of nitrogens with zero attached hydrogens (tertiary/aromatic N) is 1. The van der Waals surface area contributed by atoms with Gasteiger partial charge >= 0.3 is 11.1 Å². The number of aromatic nitrogens is 3. The molecule has 1 heterocycles. The number of H-pyrrole nitrogens is 2. The molecule has 0 aliphatic heterocycles. The Morgan fingerprint density at radius 3 is 2.67 bits per heavy atom. The van der Waals surface area contributed by atoms with Crippen molar-refractivity contribution in [2.24, 2.45) is 0 Å². The van der Waals surface area contributed by atoms with Crippen LogP contribution in [0, 0.1) is 4.77 Å². The van der Waals surface area contributed by atoms with Crippen LogP contribution in [0.1, 0.15) is 0 Å². The van der Waals surface area contributed by atoms with E-state index < -0.39 is 11.1 Å². The highest BCUT2D eigenvalue weighted by Crippen LogP contribution is 1.77. The third kappa shape index (κ3) is 1.51. The predicted octanol–water partition coefficient (Wildman–Crippen LogP) is -1.41. The molecule has 0 radical (unpaired) electrons. The van der Waals surface area contributed by atoms with Gasteiger partial charge in [0.25, 0.3) is 0 Å². The SMILES string of the molecule is O=c1[nH][nH]c(=S)n(CCO)c1=O. The summed E-state index contributed by atoms with van der Waals surface area (Å²) in [6, 6.07) is 0. The molecular weight excluding hydrogens is 182 g/mol. The molecule has 0 aliphatic carbocycles. The molecule has 7 heteroatoms.